The summed E-state index contributed by atoms with van der Waals surface area (Å²) >= 11 is 17.3. The van der Waals surface area contributed by atoms with Gasteiger partial charge in [-0.15, -0.1) is 0 Å². The molecule has 0 aliphatic rings. The van der Waals surface area contributed by atoms with Crippen LogP contribution in [0.5, 0.6) is 11.5 Å². The Morgan fingerprint density at radius 3 is 1.78 bits per heavy atom. The van der Waals surface area contributed by atoms with Crippen molar-refractivity contribution in [1.82, 2.24) is 0 Å². The Hall–Kier alpha value is 0.640. The Balaban J connectivity index is 2.40. The van der Waals surface area contributed by atoms with Gasteiger partial charge in [0.1, 0.15) is 5.75 Å². The molecule has 2 rings (SSSR count). The van der Waals surface area contributed by atoms with Gasteiger partial charge in [0.05, 0.1) is 13.4 Å². The van der Waals surface area contributed by atoms with Crippen LogP contribution in [0, 0.1) is 0 Å². The lowest BCUT2D eigenvalue weighted by atomic mass is 10.3. The van der Waals surface area contributed by atoms with Gasteiger partial charge >= 0.3 is 0 Å². The number of rotatable bonds is 2. The van der Waals surface area contributed by atoms with E-state index in [-0.39, 0.29) is 0 Å². The summed E-state index contributed by atoms with van der Waals surface area (Å²) in [5.74, 6) is 1.49. The Labute approximate surface area is 147 Å². The predicted octanol–water partition coefficient (Wildman–Crippen LogP) is 7.29. The standard InChI is InChI=1S/C12H5Br5O/c13-6-1-2-11(8(15)3-6)18-12-9(16)4-7(14)5-10(12)17/h1-5H. The number of ether oxygens (including phenoxy) is 1. The van der Waals surface area contributed by atoms with Crippen molar-refractivity contribution in [3.63, 3.8) is 0 Å². The number of benzene rings is 2. The molecule has 2 aromatic rings. The Bertz CT molecular complexity index is 574. The van der Waals surface area contributed by atoms with Crippen LogP contribution in [0.4, 0.5) is 0 Å². The van der Waals surface area contributed by atoms with Gasteiger partial charge in [-0.2, -0.15) is 0 Å². The second kappa shape index (κ2) is 6.39. The van der Waals surface area contributed by atoms with Crippen LogP contribution >= 0.6 is 79.6 Å². The highest BCUT2D eigenvalue weighted by Gasteiger charge is 2.11. The van der Waals surface area contributed by atoms with Crippen molar-refractivity contribution < 1.29 is 4.74 Å². The lowest BCUT2D eigenvalue weighted by Crippen LogP contribution is -1.88. The van der Waals surface area contributed by atoms with E-state index in [1.165, 1.54) is 0 Å². The van der Waals surface area contributed by atoms with E-state index < -0.39 is 0 Å². The van der Waals surface area contributed by atoms with Crippen molar-refractivity contribution in [1.29, 1.82) is 0 Å². The number of halogens is 5. The van der Waals surface area contributed by atoms with E-state index in [9.17, 15) is 0 Å². The lowest BCUT2D eigenvalue weighted by Gasteiger charge is -2.12. The molecule has 1 nitrogen and oxygen atoms in total. The van der Waals surface area contributed by atoms with Crippen molar-refractivity contribution in [3.8, 4) is 11.5 Å². The molecule has 0 aromatic heterocycles. The monoisotopic (exact) mass is 560 g/mol. The molecule has 0 fully saturated rings. The van der Waals surface area contributed by atoms with Gasteiger partial charge in [0.15, 0.2) is 5.75 Å². The zero-order valence-electron chi connectivity index (χ0n) is 8.68. The van der Waals surface area contributed by atoms with Crippen molar-refractivity contribution in [3.05, 3.63) is 52.7 Å². The molecule has 0 radical (unpaired) electrons. The van der Waals surface area contributed by atoms with E-state index in [1.54, 1.807) is 0 Å². The molecule has 6 heteroatoms. The van der Waals surface area contributed by atoms with E-state index in [1.807, 2.05) is 30.3 Å². The van der Waals surface area contributed by atoms with Crippen LogP contribution in [0.25, 0.3) is 0 Å². The van der Waals surface area contributed by atoms with Gasteiger partial charge in [0.2, 0.25) is 0 Å². The van der Waals surface area contributed by atoms with Crippen LogP contribution < -0.4 is 4.74 Å². The second-order valence-electron chi connectivity index (χ2n) is 3.38. The summed E-state index contributed by atoms with van der Waals surface area (Å²) in [4.78, 5) is 0. The molecule has 0 aliphatic heterocycles. The third-order valence-electron chi connectivity index (χ3n) is 2.07. The van der Waals surface area contributed by atoms with E-state index in [0.717, 1.165) is 33.9 Å². The molecule has 0 atom stereocenters. The normalized spacial score (nSPS) is 10.5. The zero-order chi connectivity index (χ0) is 13.3. The molecule has 94 valence electrons. The van der Waals surface area contributed by atoms with Crippen LogP contribution in [-0.4, -0.2) is 0 Å². The number of hydrogen-bond acceptors (Lipinski definition) is 1. The van der Waals surface area contributed by atoms with Crippen LogP contribution in [0.3, 0.4) is 0 Å². The molecule has 2 aromatic carbocycles. The maximum atomic E-state index is 5.90. The first-order valence-electron chi connectivity index (χ1n) is 4.75. The molecule has 0 bridgehead atoms. The van der Waals surface area contributed by atoms with E-state index >= 15 is 0 Å². The summed E-state index contributed by atoms with van der Waals surface area (Å²) < 4.78 is 10.5. The minimum Gasteiger partial charge on any atom is -0.454 e. The molecule has 0 saturated carbocycles. The smallest absolute Gasteiger partial charge is 0.155 e. The molecule has 0 unspecified atom stereocenters. The average molecular weight is 565 g/mol. The van der Waals surface area contributed by atoms with E-state index in [0.29, 0.717) is 0 Å². The first-order valence-corrected chi connectivity index (χ1v) is 8.71. The molecular formula is C12H5Br5O. The summed E-state index contributed by atoms with van der Waals surface area (Å²) in [6.07, 6.45) is 0. The molecule has 0 saturated heterocycles. The van der Waals surface area contributed by atoms with Gasteiger partial charge in [-0.25, -0.2) is 0 Å². The van der Waals surface area contributed by atoms with Crippen molar-refractivity contribution in [2.45, 2.75) is 0 Å². The van der Waals surface area contributed by atoms with Crippen molar-refractivity contribution in [2.24, 2.45) is 0 Å². The van der Waals surface area contributed by atoms with Gasteiger partial charge in [0.25, 0.3) is 0 Å². The molecular weight excluding hydrogens is 560 g/mol. The summed E-state index contributed by atoms with van der Waals surface area (Å²) in [6.45, 7) is 0. The van der Waals surface area contributed by atoms with Gasteiger partial charge in [-0.3, -0.25) is 0 Å². The first kappa shape index (κ1) is 15.0. The largest absolute Gasteiger partial charge is 0.454 e. The fraction of sp³-hybridized carbons (Fsp3) is 0. The number of hydrogen-bond donors (Lipinski definition) is 0. The van der Waals surface area contributed by atoms with Crippen molar-refractivity contribution >= 4 is 79.6 Å². The summed E-state index contributed by atoms with van der Waals surface area (Å²) in [5, 5.41) is 0. The molecule has 0 heterocycles. The van der Waals surface area contributed by atoms with Crippen molar-refractivity contribution in [2.75, 3.05) is 0 Å². The minimum absolute atomic E-state index is 0.737. The SMILES string of the molecule is Brc1ccc(Oc2c(Br)cc(Br)cc2Br)c(Br)c1. The first-order chi connectivity index (χ1) is 8.47. The summed E-state index contributed by atoms with van der Waals surface area (Å²) in [7, 11) is 0. The molecule has 0 amide bonds. The van der Waals surface area contributed by atoms with Crippen LogP contribution in [0.15, 0.2) is 52.7 Å². The Kier molecular flexibility index (Phi) is 5.34. The highest BCUT2D eigenvalue weighted by atomic mass is 79.9. The molecule has 18 heavy (non-hydrogen) atoms. The van der Waals surface area contributed by atoms with Crippen LogP contribution in [0.1, 0.15) is 0 Å². The third-order valence-corrected chi connectivity index (χ3v) is 4.82. The minimum atomic E-state index is 0.737. The fourth-order valence-corrected chi connectivity index (χ4v) is 4.84. The Morgan fingerprint density at radius 2 is 1.22 bits per heavy atom. The third kappa shape index (κ3) is 3.60. The second-order valence-corrected chi connectivity index (χ2v) is 7.77. The molecule has 0 N–H and O–H groups in total. The maximum absolute atomic E-state index is 5.90. The maximum Gasteiger partial charge on any atom is 0.155 e. The predicted molar refractivity (Wildman–Crippen MR) is 91.5 cm³/mol. The average Bonchev–Trinajstić information content (AvgIpc) is 2.25. The lowest BCUT2D eigenvalue weighted by molar-refractivity contribution is 0.473. The highest BCUT2D eigenvalue weighted by Crippen LogP contribution is 2.41. The van der Waals surface area contributed by atoms with Gasteiger partial charge in [-0.05, 0) is 78.1 Å². The van der Waals surface area contributed by atoms with Crippen LogP contribution in [0.2, 0.25) is 0 Å². The van der Waals surface area contributed by atoms with Crippen LogP contribution in [-0.2, 0) is 0 Å². The van der Waals surface area contributed by atoms with E-state index in [2.05, 4.69) is 79.6 Å². The molecule has 0 aliphatic carbocycles. The van der Waals surface area contributed by atoms with Gasteiger partial charge < -0.3 is 4.74 Å². The highest BCUT2D eigenvalue weighted by molar-refractivity contribution is 9.12. The van der Waals surface area contributed by atoms with E-state index in [4.69, 9.17) is 4.74 Å². The van der Waals surface area contributed by atoms with Gasteiger partial charge in [0, 0.05) is 8.95 Å². The van der Waals surface area contributed by atoms with Gasteiger partial charge in [-0.1, -0.05) is 31.9 Å². The quantitative estimate of drug-likeness (QED) is 0.372. The zero-order valence-corrected chi connectivity index (χ0v) is 16.6. The fourth-order valence-electron chi connectivity index (χ4n) is 1.29. The summed E-state index contributed by atoms with van der Waals surface area (Å²) in [5.41, 5.74) is 0. The summed E-state index contributed by atoms with van der Waals surface area (Å²) in [6, 6.07) is 9.64. The topological polar surface area (TPSA) is 9.23 Å². The molecule has 0 spiro atoms. The Morgan fingerprint density at radius 1 is 0.667 bits per heavy atom.